The van der Waals surface area contributed by atoms with Crippen molar-refractivity contribution in [1.29, 1.82) is 0 Å². The molecule has 0 aromatic heterocycles. The average Bonchev–Trinajstić information content (AvgIpc) is 2.06. The molecule has 0 heterocycles. The van der Waals surface area contributed by atoms with Crippen molar-refractivity contribution in [2.45, 2.75) is 19.6 Å². The summed E-state index contributed by atoms with van der Waals surface area (Å²) in [5.74, 6) is 0. The molecule has 0 aliphatic heterocycles. The van der Waals surface area contributed by atoms with Gasteiger partial charge in [0.1, 0.15) is 0 Å². The van der Waals surface area contributed by atoms with Gasteiger partial charge in [0.05, 0.1) is 20.0 Å². The molecular formula is C10H20Cl2N2OSi. The van der Waals surface area contributed by atoms with E-state index in [-0.39, 0.29) is 24.8 Å². The smallest absolute Gasteiger partial charge is 0.0780 e. The summed E-state index contributed by atoms with van der Waals surface area (Å²) in [6, 6.07) is 7.50. The number of benzene rings is 1. The van der Waals surface area contributed by atoms with E-state index in [1.807, 2.05) is 24.3 Å². The number of nitrogens with two attached hydrogens (primary N) is 1. The van der Waals surface area contributed by atoms with Crippen molar-refractivity contribution in [3.8, 4) is 0 Å². The van der Waals surface area contributed by atoms with Crippen LogP contribution in [-0.4, -0.2) is 14.3 Å². The van der Waals surface area contributed by atoms with Gasteiger partial charge in [-0.15, -0.1) is 24.8 Å². The summed E-state index contributed by atoms with van der Waals surface area (Å²) in [4.78, 5) is 5.39. The molecule has 0 fully saturated rings. The van der Waals surface area contributed by atoms with Crippen LogP contribution in [0, 0.1) is 0 Å². The van der Waals surface area contributed by atoms with Crippen molar-refractivity contribution in [2.75, 3.05) is 17.4 Å². The molecule has 1 rings (SSSR count). The van der Waals surface area contributed by atoms with Crippen LogP contribution in [-0.2, 0) is 4.84 Å². The van der Waals surface area contributed by atoms with Gasteiger partial charge in [-0.25, -0.2) is 0 Å². The zero-order valence-corrected chi connectivity index (χ0v) is 12.5. The monoisotopic (exact) mass is 282 g/mol. The quantitative estimate of drug-likeness (QED) is 0.506. The third-order valence-electron chi connectivity index (χ3n) is 1.61. The molecule has 0 bridgehead atoms. The van der Waals surface area contributed by atoms with Crippen LogP contribution >= 0.6 is 24.8 Å². The molecule has 0 saturated carbocycles. The number of hydrogen-bond donors (Lipinski definition) is 2. The molecule has 0 radical (unpaired) electrons. The number of hydrogen-bond acceptors (Lipinski definition) is 3. The Morgan fingerprint density at radius 2 is 1.62 bits per heavy atom. The first-order valence-electron chi connectivity index (χ1n) is 4.71. The number of nitrogens with one attached hydrogen (secondary N) is 1. The zero-order chi connectivity index (χ0) is 10.6. The van der Waals surface area contributed by atoms with Gasteiger partial charge in [0.15, 0.2) is 0 Å². The average molecular weight is 283 g/mol. The standard InChI is InChI=1S/C10H18N2OSi.2ClH/c1-14(2,3)8-13-12-10-6-4-9(11)5-7-10;;/h4-7,12H,8,11H2,1-3H3;2*1H. The van der Waals surface area contributed by atoms with Crippen LogP contribution in [0.1, 0.15) is 0 Å². The molecule has 1 aromatic rings. The predicted octanol–water partition coefficient (Wildman–Crippen LogP) is 3.33. The van der Waals surface area contributed by atoms with Crippen LogP contribution in [0.2, 0.25) is 19.6 Å². The molecule has 6 heteroatoms. The summed E-state index contributed by atoms with van der Waals surface area (Å²) in [6.07, 6.45) is 0.803. The van der Waals surface area contributed by atoms with Gasteiger partial charge in [-0.1, -0.05) is 19.6 Å². The second kappa shape index (κ2) is 7.79. The van der Waals surface area contributed by atoms with E-state index in [9.17, 15) is 0 Å². The maximum Gasteiger partial charge on any atom is 0.0780 e. The second-order valence-electron chi connectivity index (χ2n) is 4.57. The van der Waals surface area contributed by atoms with Gasteiger partial charge in [0.2, 0.25) is 0 Å². The summed E-state index contributed by atoms with van der Waals surface area (Å²) in [5.41, 5.74) is 10.2. The maximum atomic E-state index is 5.56. The zero-order valence-electron chi connectivity index (χ0n) is 9.82. The Balaban J connectivity index is 0. The number of rotatable bonds is 4. The van der Waals surface area contributed by atoms with Crippen LogP contribution in [0.25, 0.3) is 0 Å². The van der Waals surface area contributed by atoms with E-state index in [4.69, 9.17) is 10.6 Å². The van der Waals surface area contributed by atoms with Crippen molar-refractivity contribution in [1.82, 2.24) is 0 Å². The maximum absolute atomic E-state index is 5.56. The minimum Gasteiger partial charge on any atom is -0.399 e. The first kappa shape index (κ1) is 18.0. The number of nitrogen functional groups attached to an aromatic ring is 1. The fraction of sp³-hybridized carbons (Fsp3) is 0.400. The van der Waals surface area contributed by atoms with Crippen LogP contribution in [0.15, 0.2) is 24.3 Å². The molecule has 0 aliphatic carbocycles. The molecule has 0 amide bonds. The highest BCUT2D eigenvalue weighted by Gasteiger charge is 2.12. The molecule has 0 atom stereocenters. The highest BCUT2D eigenvalue weighted by Crippen LogP contribution is 2.11. The van der Waals surface area contributed by atoms with Crippen molar-refractivity contribution < 1.29 is 4.84 Å². The Labute approximate surface area is 111 Å². The van der Waals surface area contributed by atoms with Crippen LogP contribution in [0.4, 0.5) is 11.4 Å². The number of halogens is 2. The molecule has 3 N–H and O–H groups in total. The van der Waals surface area contributed by atoms with E-state index in [1.54, 1.807) is 0 Å². The highest BCUT2D eigenvalue weighted by atomic mass is 35.5. The van der Waals surface area contributed by atoms with Crippen LogP contribution < -0.4 is 11.2 Å². The van der Waals surface area contributed by atoms with Crippen LogP contribution in [0.5, 0.6) is 0 Å². The van der Waals surface area contributed by atoms with E-state index in [0.717, 1.165) is 17.6 Å². The van der Waals surface area contributed by atoms with E-state index in [1.165, 1.54) is 0 Å². The van der Waals surface area contributed by atoms with E-state index >= 15 is 0 Å². The fourth-order valence-electron chi connectivity index (χ4n) is 0.887. The third kappa shape index (κ3) is 7.82. The topological polar surface area (TPSA) is 47.3 Å². The van der Waals surface area contributed by atoms with Gasteiger partial charge in [-0.2, -0.15) is 0 Å². The molecule has 0 aliphatic rings. The van der Waals surface area contributed by atoms with Crippen LogP contribution in [0.3, 0.4) is 0 Å². The van der Waals surface area contributed by atoms with Crippen molar-refractivity contribution in [3.63, 3.8) is 0 Å². The van der Waals surface area contributed by atoms with Crippen molar-refractivity contribution in [2.24, 2.45) is 0 Å². The van der Waals surface area contributed by atoms with E-state index in [0.29, 0.717) is 0 Å². The Morgan fingerprint density at radius 1 is 1.12 bits per heavy atom. The lowest BCUT2D eigenvalue weighted by Gasteiger charge is -2.16. The molecular weight excluding hydrogens is 263 g/mol. The van der Waals surface area contributed by atoms with Gasteiger partial charge < -0.3 is 5.73 Å². The lowest BCUT2D eigenvalue weighted by atomic mass is 10.3. The largest absolute Gasteiger partial charge is 0.399 e. The molecule has 16 heavy (non-hydrogen) atoms. The molecule has 3 nitrogen and oxygen atoms in total. The van der Waals surface area contributed by atoms with Crippen molar-refractivity contribution >= 4 is 44.3 Å². The predicted molar refractivity (Wildman–Crippen MR) is 78.3 cm³/mol. The lowest BCUT2D eigenvalue weighted by molar-refractivity contribution is 0.241. The Morgan fingerprint density at radius 3 is 2.06 bits per heavy atom. The van der Waals surface area contributed by atoms with E-state index in [2.05, 4.69) is 25.1 Å². The summed E-state index contributed by atoms with van der Waals surface area (Å²) in [6.45, 7) is 6.78. The SMILES string of the molecule is C[Si](C)(C)CONc1ccc(N)cc1.Cl.Cl. The lowest BCUT2D eigenvalue weighted by Crippen LogP contribution is -2.29. The van der Waals surface area contributed by atoms with E-state index < -0.39 is 8.07 Å². The Kier molecular flexibility index (Phi) is 8.74. The summed E-state index contributed by atoms with van der Waals surface area (Å²) < 4.78 is 0. The summed E-state index contributed by atoms with van der Waals surface area (Å²) >= 11 is 0. The minimum absolute atomic E-state index is 0. The third-order valence-corrected chi connectivity index (χ3v) is 2.62. The summed E-state index contributed by atoms with van der Waals surface area (Å²) in [5, 5.41) is 0. The fourth-order valence-corrected chi connectivity index (χ4v) is 1.39. The van der Waals surface area contributed by atoms with Gasteiger partial charge in [-0.05, 0) is 24.3 Å². The van der Waals surface area contributed by atoms with Gasteiger partial charge in [-0.3, -0.25) is 10.3 Å². The van der Waals surface area contributed by atoms with Gasteiger partial charge >= 0.3 is 0 Å². The minimum atomic E-state index is -1.13. The molecule has 1 aromatic carbocycles. The van der Waals surface area contributed by atoms with Gasteiger partial charge in [0, 0.05) is 5.69 Å². The molecule has 0 spiro atoms. The molecule has 0 saturated heterocycles. The number of anilines is 2. The normalized spacial score (nSPS) is 9.94. The molecule has 94 valence electrons. The highest BCUT2D eigenvalue weighted by molar-refractivity contribution is 6.76. The molecule has 0 unspecified atom stereocenters. The second-order valence-corrected chi connectivity index (χ2v) is 9.98. The Hall–Kier alpha value is -0.423. The van der Waals surface area contributed by atoms with Crippen molar-refractivity contribution in [3.05, 3.63) is 24.3 Å². The first-order chi connectivity index (χ1) is 6.47. The Bertz CT molecular complexity index is 288. The summed E-state index contributed by atoms with van der Waals surface area (Å²) in [7, 11) is -1.13. The van der Waals surface area contributed by atoms with Gasteiger partial charge in [0.25, 0.3) is 0 Å². The first-order valence-corrected chi connectivity index (χ1v) is 8.41.